The SMILES string of the molecule is O=C(COc1ccc(Cl)cc1)Nc1ccc2[nH]c(C(F)(F)F)cc2c1. The molecular formula is C17H12ClF3N2O2. The lowest BCUT2D eigenvalue weighted by molar-refractivity contribution is -0.140. The molecule has 130 valence electrons. The van der Waals surface area contributed by atoms with Crippen LogP contribution in [0.15, 0.2) is 48.5 Å². The van der Waals surface area contributed by atoms with E-state index in [1.807, 2.05) is 0 Å². The zero-order valence-electron chi connectivity index (χ0n) is 12.7. The van der Waals surface area contributed by atoms with E-state index in [4.69, 9.17) is 16.3 Å². The van der Waals surface area contributed by atoms with Gasteiger partial charge >= 0.3 is 6.18 Å². The minimum absolute atomic E-state index is 0.236. The number of aromatic nitrogens is 1. The molecule has 0 saturated heterocycles. The van der Waals surface area contributed by atoms with Crippen molar-refractivity contribution in [1.29, 1.82) is 0 Å². The number of benzene rings is 2. The topological polar surface area (TPSA) is 54.1 Å². The summed E-state index contributed by atoms with van der Waals surface area (Å²) in [6, 6.07) is 12.0. The summed E-state index contributed by atoms with van der Waals surface area (Å²) in [4.78, 5) is 14.2. The molecule has 2 aromatic carbocycles. The van der Waals surface area contributed by atoms with Crippen molar-refractivity contribution in [2.45, 2.75) is 6.18 Å². The van der Waals surface area contributed by atoms with Crippen LogP contribution < -0.4 is 10.1 Å². The van der Waals surface area contributed by atoms with Gasteiger partial charge in [0.15, 0.2) is 6.61 Å². The second-order valence-corrected chi connectivity index (χ2v) is 5.71. The van der Waals surface area contributed by atoms with Crippen molar-refractivity contribution in [2.24, 2.45) is 0 Å². The number of ether oxygens (including phenoxy) is 1. The number of hydrogen-bond donors (Lipinski definition) is 2. The molecule has 0 aliphatic heterocycles. The predicted octanol–water partition coefficient (Wildman–Crippen LogP) is 4.86. The lowest BCUT2D eigenvalue weighted by Crippen LogP contribution is -2.20. The van der Waals surface area contributed by atoms with Crippen LogP contribution in [0.3, 0.4) is 0 Å². The Bertz CT molecular complexity index is 904. The predicted molar refractivity (Wildman–Crippen MR) is 88.9 cm³/mol. The highest BCUT2D eigenvalue weighted by molar-refractivity contribution is 6.30. The fourth-order valence-electron chi connectivity index (χ4n) is 2.24. The zero-order chi connectivity index (χ0) is 18.0. The largest absolute Gasteiger partial charge is 0.484 e. The van der Waals surface area contributed by atoms with Crippen LogP contribution in [-0.4, -0.2) is 17.5 Å². The molecule has 0 saturated carbocycles. The van der Waals surface area contributed by atoms with E-state index in [-0.39, 0.29) is 6.61 Å². The summed E-state index contributed by atoms with van der Waals surface area (Å²) in [5, 5.41) is 3.48. The maximum absolute atomic E-state index is 12.7. The summed E-state index contributed by atoms with van der Waals surface area (Å²) in [5.74, 6) is 0.0522. The van der Waals surface area contributed by atoms with Crippen LogP contribution in [0.25, 0.3) is 10.9 Å². The third-order valence-corrected chi connectivity index (χ3v) is 3.65. The van der Waals surface area contributed by atoms with Crippen LogP contribution in [0.2, 0.25) is 5.02 Å². The molecule has 4 nitrogen and oxygen atoms in total. The highest BCUT2D eigenvalue weighted by atomic mass is 35.5. The number of amides is 1. The fourth-order valence-corrected chi connectivity index (χ4v) is 2.37. The molecule has 0 aliphatic rings. The van der Waals surface area contributed by atoms with Crippen LogP contribution >= 0.6 is 11.6 Å². The minimum atomic E-state index is -4.45. The monoisotopic (exact) mass is 368 g/mol. The Balaban J connectivity index is 1.65. The van der Waals surface area contributed by atoms with Gasteiger partial charge in [-0.15, -0.1) is 0 Å². The first kappa shape index (κ1) is 17.2. The highest BCUT2D eigenvalue weighted by Gasteiger charge is 2.32. The molecule has 1 aromatic heterocycles. The Morgan fingerprint density at radius 2 is 1.84 bits per heavy atom. The van der Waals surface area contributed by atoms with Crippen molar-refractivity contribution in [3.63, 3.8) is 0 Å². The average molecular weight is 369 g/mol. The van der Waals surface area contributed by atoms with Crippen LogP contribution in [0.5, 0.6) is 5.75 Å². The standard InChI is InChI=1S/C17H12ClF3N2O2/c18-11-1-4-13(5-2-11)25-9-16(24)22-12-3-6-14-10(7-12)8-15(23-14)17(19,20)21/h1-8,23H,9H2,(H,22,24). The molecule has 0 unspecified atom stereocenters. The fraction of sp³-hybridized carbons (Fsp3) is 0.118. The smallest absolute Gasteiger partial charge is 0.431 e. The van der Waals surface area contributed by atoms with Crippen molar-refractivity contribution in [3.8, 4) is 5.75 Å². The van der Waals surface area contributed by atoms with Gasteiger partial charge in [-0.2, -0.15) is 13.2 Å². The number of anilines is 1. The third-order valence-electron chi connectivity index (χ3n) is 3.39. The number of alkyl halides is 3. The first-order valence-electron chi connectivity index (χ1n) is 7.19. The molecule has 0 atom stereocenters. The molecule has 3 rings (SSSR count). The lowest BCUT2D eigenvalue weighted by atomic mass is 10.2. The first-order chi connectivity index (χ1) is 11.8. The molecule has 25 heavy (non-hydrogen) atoms. The van der Waals surface area contributed by atoms with E-state index < -0.39 is 17.8 Å². The second kappa shape index (κ2) is 6.68. The summed E-state index contributed by atoms with van der Waals surface area (Å²) in [6.45, 7) is -0.236. The summed E-state index contributed by atoms with van der Waals surface area (Å²) in [7, 11) is 0. The maximum atomic E-state index is 12.7. The van der Waals surface area contributed by atoms with E-state index in [9.17, 15) is 18.0 Å². The van der Waals surface area contributed by atoms with Gasteiger partial charge in [-0.25, -0.2) is 0 Å². The number of halogens is 4. The molecule has 1 amide bonds. The molecule has 2 N–H and O–H groups in total. The molecule has 3 aromatic rings. The van der Waals surface area contributed by atoms with Gasteiger partial charge in [-0.1, -0.05) is 11.6 Å². The average Bonchev–Trinajstić information content (AvgIpc) is 2.98. The van der Waals surface area contributed by atoms with Gasteiger partial charge in [0.2, 0.25) is 0 Å². The molecule has 0 fully saturated rings. The van der Waals surface area contributed by atoms with E-state index in [1.165, 1.54) is 18.2 Å². The number of carbonyl (C=O) groups is 1. The Morgan fingerprint density at radius 1 is 1.12 bits per heavy atom. The first-order valence-corrected chi connectivity index (χ1v) is 7.57. The van der Waals surface area contributed by atoms with Crippen LogP contribution in [0.4, 0.5) is 18.9 Å². The Hall–Kier alpha value is -2.67. The molecule has 1 heterocycles. The van der Waals surface area contributed by atoms with E-state index in [2.05, 4.69) is 10.3 Å². The van der Waals surface area contributed by atoms with Crippen molar-refractivity contribution in [3.05, 3.63) is 59.2 Å². The van der Waals surface area contributed by atoms with Crippen LogP contribution in [0, 0.1) is 0 Å². The quantitative estimate of drug-likeness (QED) is 0.691. The Kier molecular flexibility index (Phi) is 4.59. The van der Waals surface area contributed by atoms with E-state index in [0.717, 1.165) is 6.07 Å². The zero-order valence-corrected chi connectivity index (χ0v) is 13.4. The molecular weight excluding hydrogens is 357 g/mol. The van der Waals surface area contributed by atoms with Crippen molar-refractivity contribution in [1.82, 2.24) is 4.98 Å². The third kappa shape index (κ3) is 4.24. The van der Waals surface area contributed by atoms with Gasteiger partial charge in [-0.05, 0) is 48.5 Å². The number of H-pyrrole nitrogens is 1. The number of fused-ring (bicyclic) bond motifs is 1. The number of nitrogens with one attached hydrogen (secondary N) is 2. The highest BCUT2D eigenvalue weighted by Crippen LogP contribution is 2.31. The Labute approximate surface area is 145 Å². The van der Waals surface area contributed by atoms with Gasteiger partial charge < -0.3 is 15.0 Å². The number of carbonyl (C=O) groups excluding carboxylic acids is 1. The van der Waals surface area contributed by atoms with Gasteiger partial charge in [0.05, 0.1) is 0 Å². The molecule has 0 bridgehead atoms. The summed E-state index contributed by atoms with van der Waals surface area (Å²) in [5.41, 5.74) is -0.121. The lowest BCUT2D eigenvalue weighted by Gasteiger charge is -2.07. The van der Waals surface area contributed by atoms with Crippen molar-refractivity contribution < 1.29 is 22.7 Å². The van der Waals surface area contributed by atoms with Gasteiger partial charge in [0.25, 0.3) is 5.91 Å². The van der Waals surface area contributed by atoms with Gasteiger partial charge in [-0.3, -0.25) is 4.79 Å². The van der Waals surface area contributed by atoms with Crippen LogP contribution in [-0.2, 0) is 11.0 Å². The molecule has 8 heteroatoms. The van der Waals surface area contributed by atoms with E-state index in [1.54, 1.807) is 24.3 Å². The molecule has 0 radical (unpaired) electrons. The number of hydrogen-bond acceptors (Lipinski definition) is 2. The molecule has 0 aliphatic carbocycles. The summed E-state index contributed by atoms with van der Waals surface area (Å²) >= 11 is 5.75. The summed E-state index contributed by atoms with van der Waals surface area (Å²) < 4.78 is 43.4. The summed E-state index contributed by atoms with van der Waals surface area (Å²) in [6.07, 6.45) is -4.45. The normalized spacial score (nSPS) is 11.5. The van der Waals surface area contributed by atoms with Gasteiger partial charge in [0, 0.05) is 21.6 Å². The maximum Gasteiger partial charge on any atom is 0.431 e. The second-order valence-electron chi connectivity index (χ2n) is 5.27. The minimum Gasteiger partial charge on any atom is -0.484 e. The number of aromatic amines is 1. The Morgan fingerprint density at radius 3 is 2.52 bits per heavy atom. The van der Waals surface area contributed by atoms with Crippen molar-refractivity contribution in [2.75, 3.05) is 11.9 Å². The number of rotatable bonds is 4. The van der Waals surface area contributed by atoms with Gasteiger partial charge in [0.1, 0.15) is 11.4 Å². The van der Waals surface area contributed by atoms with E-state index in [0.29, 0.717) is 27.4 Å². The molecule has 0 spiro atoms. The van der Waals surface area contributed by atoms with E-state index >= 15 is 0 Å². The van der Waals surface area contributed by atoms with Crippen LogP contribution in [0.1, 0.15) is 5.69 Å². The van der Waals surface area contributed by atoms with Crippen molar-refractivity contribution >= 4 is 34.1 Å².